The van der Waals surface area contributed by atoms with Gasteiger partial charge in [0.25, 0.3) is 0 Å². The van der Waals surface area contributed by atoms with Gasteiger partial charge in [-0.3, -0.25) is 0 Å². The molecule has 3 heteroatoms. The number of rotatable bonds is 2. The van der Waals surface area contributed by atoms with E-state index in [0.717, 1.165) is 18.8 Å². The van der Waals surface area contributed by atoms with Crippen molar-refractivity contribution in [3.63, 3.8) is 0 Å². The molecule has 1 aliphatic rings. The number of nitrogens with two attached hydrogens (primary N) is 1. The van der Waals surface area contributed by atoms with Crippen molar-refractivity contribution in [2.75, 3.05) is 18.0 Å². The van der Waals surface area contributed by atoms with Gasteiger partial charge < -0.3 is 10.6 Å². The Morgan fingerprint density at radius 1 is 1.06 bits per heavy atom. The van der Waals surface area contributed by atoms with Gasteiger partial charge in [-0.2, -0.15) is 0 Å². The van der Waals surface area contributed by atoms with Gasteiger partial charge in [-0.1, -0.05) is 25.3 Å². The molecule has 0 aromatic heterocycles. The van der Waals surface area contributed by atoms with Crippen molar-refractivity contribution in [1.82, 2.24) is 0 Å². The third-order valence-corrected chi connectivity index (χ3v) is 3.50. The highest BCUT2D eigenvalue weighted by molar-refractivity contribution is 5.54. The summed E-state index contributed by atoms with van der Waals surface area (Å²) in [5.41, 5.74) is 7.32. The number of nitrogens with zero attached hydrogens (tertiary/aromatic N) is 1. The van der Waals surface area contributed by atoms with Crippen LogP contribution < -0.4 is 10.6 Å². The summed E-state index contributed by atoms with van der Waals surface area (Å²) in [5.74, 6) is -0.174. The van der Waals surface area contributed by atoms with E-state index in [1.54, 1.807) is 6.07 Å². The highest BCUT2D eigenvalue weighted by Crippen LogP contribution is 2.25. The average Bonchev–Trinajstić information content (AvgIpc) is 2.28. The molecule has 0 spiro atoms. The van der Waals surface area contributed by atoms with Crippen molar-refractivity contribution in [3.05, 3.63) is 29.6 Å². The zero-order valence-corrected chi connectivity index (χ0v) is 10.3. The van der Waals surface area contributed by atoms with Crippen molar-refractivity contribution < 1.29 is 4.39 Å². The van der Waals surface area contributed by atoms with Crippen LogP contribution in [0, 0.1) is 5.82 Å². The van der Waals surface area contributed by atoms with Crippen LogP contribution in [0.3, 0.4) is 0 Å². The largest absolute Gasteiger partial charge is 0.371 e. The van der Waals surface area contributed by atoms with Crippen LogP contribution in [0.1, 0.15) is 37.7 Å². The first-order valence-electron chi connectivity index (χ1n) is 6.55. The van der Waals surface area contributed by atoms with E-state index in [1.807, 2.05) is 6.07 Å². The lowest BCUT2D eigenvalue weighted by molar-refractivity contribution is 0.552. The number of anilines is 1. The first-order valence-corrected chi connectivity index (χ1v) is 6.55. The van der Waals surface area contributed by atoms with Gasteiger partial charge >= 0.3 is 0 Å². The normalized spacial score (nSPS) is 17.6. The minimum atomic E-state index is -0.174. The summed E-state index contributed by atoms with van der Waals surface area (Å²) in [7, 11) is 0. The van der Waals surface area contributed by atoms with Gasteiger partial charge in [0.2, 0.25) is 0 Å². The molecule has 0 unspecified atom stereocenters. The van der Waals surface area contributed by atoms with Crippen LogP contribution in [0.5, 0.6) is 0 Å². The Morgan fingerprint density at radius 3 is 2.35 bits per heavy atom. The van der Waals surface area contributed by atoms with Gasteiger partial charge in [-0.25, -0.2) is 4.39 Å². The van der Waals surface area contributed by atoms with E-state index < -0.39 is 0 Å². The molecule has 2 nitrogen and oxygen atoms in total. The smallest absolute Gasteiger partial charge is 0.129 e. The molecule has 17 heavy (non-hydrogen) atoms. The van der Waals surface area contributed by atoms with Gasteiger partial charge in [0.15, 0.2) is 0 Å². The minimum absolute atomic E-state index is 0.174. The quantitative estimate of drug-likeness (QED) is 0.855. The molecular weight excluding hydrogens is 215 g/mol. The average molecular weight is 236 g/mol. The van der Waals surface area contributed by atoms with Gasteiger partial charge in [0.1, 0.15) is 5.82 Å². The van der Waals surface area contributed by atoms with Crippen molar-refractivity contribution in [1.29, 1.82) is 0 Å². The van der Waals surface area contributed by atoms with E-state index in [4.69, 9.17) is 5.73 Å². The second-order valence-corrected chi connectivity index (χ2v) is 4.70. The molecule has 0 amide bonds. The predicted molar refractivity (Wildman–Crippen MR) is 69.6 cm³/mol. The molecule has 0 bridgehead atoms. The molecule has 1 saturated heterocycles. The van der Waals surface area contributed by atoms with Gasteiger partial charge in [0.05, 0.1) is 0 Å². The number of hydrogen-bond acceptors (Lipinski definition) is 2. The summed E-state index contributed by atoms with van der Waals surface area (Å²) in [6.07, 6.45) is 6.29. The molecular formula is C14H21FN2. The van der Waals surface area contributed by atoms with Crippen LogP contribution in [-0.2, 0) is 6.54 Å². The molecule has 0 saturated carbocycles. The second-order valence-electron chi connectivity index (χ2n) is 4.70. The van der Waals surface area contributed by atoms with Crippen LogP contribution in [0.2, 0.25) is 0 Å². The lowest BCUT2D eigenvalue weighted by atomic mass is 10.1. The first kappa shape index (κ1) is 12.4. The van der Waals surface area contributed by atoms with E-state index in [0.29, 0.717) is 5.56 Å². The van der Waals surface area contributed by atoms with Gasteiger partial charge in [0, 0.05) is 30.9 Å². The van der Waals surface area contributed by atoms with E-state index >= 15 is 0 Å². The Balaban J connectivity index is 2.21. The van der Waals surface area contributed by atoms with Crippen LogP contribution >= 0.6 is 0 Å². The summed E-state index contributed by atoms with van der Waals surface area (Å²) in [4.78, 5) is 2.30. The maximum atomic E-state index is 13.7. The molecule has 2 rings (SSSR count). The predicted octanol–water partition coefficient (Wildman–Crippen LogP) is 3.05. The van der Waals surface area contributed by atoms with Crippen LogP contribution in [0.25, 0.3) is 0 Å². The van der Waals surface area contributed by atoms with Gasteiger partial charge in [-0.05, 0) is 25.0 Å². The van der Waals surface area contributed by atoms with Crippen LogP contribution in [0.4, 0.5) is 10.1 Å². The Bertz CT molecular complexity index is 357. The van der Waals surface area contributed by atoms with E-state index in [-0.39, 0.29) is 12.4 Å². The zero-order chi connectivity index (χ0) is 12.1. The lowest BCUT2D eigenvalue weighted by Crippen LogP contribution is -2.28. The molecule has 0 radical (unpaired) electrons. The fourth-order valence-corrected chi connectivity index (χ4v) is 2.53. The summed E-state index contributed by atoms with van der Waals surface area (Å²) >= 11 is 0. The Morgan fingerprint density at radius 2 is 1.71 bits per heavy atom. The Hall–Kier alpha value is -1.09. The molecule has 1 fully saturated rings. The lowest BCUT2D eigenvalue weighted by Gasteiger charge is -2.28. The summed E-state index contributed by atoms with van der Waals surface area (Å²) in [6, 6.07) is 5.27. The molecule has 2 N–H and O–H groups in total. The minimum Gasteiger partial charge on any atom is -0.371 e. The number of hydrogen-bond donors (Lipinski definition) is 1. The maximum Gasteiger partial charge on any atom is 0.129 e. The highest BCUT2D eigenvalue weighted by Gasteiger charge is 2.14. The van der Waals surface area contributed by atoms with E-state index in [1.165, 1.54) is 38.2 Å². The van der Waals surface area contributed by atoms with Crippen LogP contribution in [-0.4, -0.2) is 13.1 Å². The third-order valence-electron chi connectivity index (χ3n) is 3.50. The number of halogens is 1. The SMILES string of the molecule is NCc1c(F)cccc1N1CCCCCCC1. The molecule has 94 valence electrons. The molecule has 1 aromatic rings. The second kappa shape index (κ2) is 6.01. The molecule has 1 aliphatic heterocycles. The Kier molecular flexibility index (Phi) is 4.37. The van der Waals surface area contributed by atoms with Crippen molar-refractivity contribution >= 4 is 5.69 Å². The van der Waals surface area contributed by atoms with E-state index in [2.05, 4.69) is 4.90 Å². The fourth-order valence-electron chi connectivity index (χ4n) is 2.53. The summed E-state index contributed by atoms with van der Waals surface area (Å²) in [5, 5.41) is 0. The van der Waals surface area contributed by atoms with E-state index in [9.17, 15) is 4.39 Å². The highest BCUT2D eigenvalue weighted by atomic mass is 19.1. The summed E-state index contributed by atoms with van der Waals surface area (Å²) < 4.78 is 13.7. The molecule has 1 aromatic carbocycles. The molecule has 1 heterocycles. The van der Waals surface area contributed by atoms with Crippen molar-refractivity contribution in [2.45, 2.75) is 38.6 Å². The third kappa shape index (κ3) is 2.97. The van der Waals surface area contributed by atoms with Crippen LogP contribution in [0.15, 0.2) is 18.2 Å². The van der Waals surface area contributed by atoms with Crippen molar-refractivity contribution in [3.8, 4) is 0 Å². The van der Waals surface area contributed by atoms with Gasteiger partial charge in [-0.15, -0.1) is 0 Å². The topological polar surface area (TPSA) is 29.3 Å². The zero-order valence-electron chi connectivity index (χ0n) is 10.3. The Labute approximate surface area is 103 Å². The summed E-state index contributed by atoms with van der Waals surface area (Å²) in [6.45, 7) is 2.32. The number of benzene rings is 1. The van der Waals surface area contributed by atoms with Crippen molar-refractivity contribution in [2.24, 2.45) is 5.73 Å². The first-order chi connectivity index (χ1) is 8.33. The maximum absolute atomic E-state index is 13.7. The molecule has 0 atom stereocenters. The molecule has 0 aliphatic carbocycles. The monoisotopic (exact) mass is 236 g/mol. The standard InChI is InChI=1S/C14H21FN2/c15-13-7-6-8-14(12(13)11-16)17-9-4-2-1-3-5-10-17/h6-8H,1-5,9-11,16H2. The fraction of sp³-hybridized carbons (Fsp3) is 0.571.